The highest BCUT2D eigenvalue weighted by molar-refractivity contribution is 14.1. The Kier molecular flexibility index (Phi) is 4.91. The third kappa shape index (κ3) is 4.09. The highest BCUT2D eigenvalue weighted by atomic mass is 127. The average Bonchev–Trinajstić information content (AvgIpc) is 2.37. The van der Waals surface area contributed by atoms with Gasteiger partial charge in [0.25, 0.3) is 0 Å². The summed E-state index contributed by atoms with van der Waals surface area (Å²) in [6.45, 7) is 6.38. The highest BCUT2D eigenvalue weighted by Gasteiger charge is 2.17. The molecule has 2 aromatic rings. The molecule has 0 aliphatic carbocycles. The third-order valence-corrected chi connectivity index (χ3v) is 3.78. The van der Waals surface area contributed by atoms with Gasteiger partial charge in [-0.1, -0.05) is 26.8 Å². The second-order valence-corrected chi connectivity index (χ2v) is 7.15. The Labute approximate surface area is 138 Å². The van der Waals surface area contributed by atoms with Crippen molar-refractivity contribution in [3.63, 3.8) is 0 Å². The topological polar surface area (TPSA) is 22.1 Å². The van der Waals surface area contributed by atoms with Crippen LogP contribution in [-0.4, -0.2) is 4.98 Å². The largest absolute Gasteiger partial charge is 0.439 e. The van der Waals surface area contributed by atoms with Crippen molar-refractivity contribution in [1.29, 1.82) is 0 Å². The van der Waals surface area contributed by atoms with E-state index in [-0.39, 0.29) is 5.41 Å². The summed E-state index contributed by atoms with van der Waals surface area (Å²) in [5.74, 6) is 1.83. The first-order chi connectivity index (χ1) is 9.38. The van der Waals surface area contributed by atoms with Crippen LogP contribution in [0.15, 0.2) is 36.4 Å². The van der Waals surface area contributed by atoms with Gasteiger partial charge < -0.3 is 4.74 Å². The van der Waals surface area contributed by atoms with Crippen LogP contribution in [0, 0.1) is 3.57 Å². The predicted molar refractivity (Wildman–Crippen MR) is 91.7 cm³/mol. The summed E-state index contributed by atoms with van der Waals surface area (Å²) < 4.78 is 6.99. The van der Waals surface area contributed by atoms with Crippen LogP contribution in [0.1, 0.15) is 32.0 Å². The van der Waals surface area contributed by atoms with E-state index in [0.29, 0.717) is 11.8 Å². The molecule has 0 bridgehead atoms. The number of pyridine rings is 1. The van der Waals surface area contributed by atoms with Crippen molar-refractivity contribution in [3.05, 3.63) is 51.2 Å². The highest BCUT2D eigenvalue weighted by Crippen LogP contribution is 2.28. The van der Waals surface area contributed by atoms with Gasteiger partial charge in [-0.15, -0.1) is 11.6 Å². The SMILES string of the molecule is CC(C)(C)c1cc(CCl)cc(Oc2cccc(I)c2)n1. The minimum atomic E-state index is -0.0364. The van der Waals surface area contributed by atoms with Crippen LogP contribution in [0.5, 0.6) is 11.6 Å². The molecule has 0 saturated heterocycles. The van der Waals surface area contributed by atoms with Gasteiger partial charge in [0.2, 0.25) is 5.88 Å². The second-order valence-electron chi connectivity index (χ2n) is 5.64. The van der Waals surface area contributed by atoms with Crippen molar-refractivity contribution in [3.8, 4) is 11.6 Å². The zero-order valence-electron chi connectivity index (χ0n) is 11.8. The van der Waals surface area contributed by atoms with Crippen LogP contribution in [0.4, 0.5) is 0 Å². The number of rotatable bonds is 3. The van der Waals surface area contributed by atoms with Gasteiger partial charge in [-0.2, -0.15) is 0 Å². The monoisotopic (exact) mass is 401 g/mol. The first kappa shape index (κ1) is 15.6. The molecule has 20 heavy (non-hydrogen) atoms. The van der Waals surface area contributed by atoms with E-state index in [4.69, 9.17) is 16.3 Å². The lowest BCUT2D eigenvalue weighted by Crippen LogP contribution is -2.14. The number of aromatic nitrogens is 1. The number of benzene rings is 1. The Balaban J connectivity index is 2.36. The van der Waals surface area contributed by atoms with E-state index in [2.05, 4.69) is 48.3 Å². The van der Waals surface area contributed by atoms with Crippen LogP contribution in [0.2, 0.25) is 0 Å². The standard InChI is InChI=1S/C16H17ClINO/c1-16(2,3)14-7-11(10-17)8-15(19-14)20-13-6-4-5-12(18)9-13/h4-9H,10H2,1-3H3. The molecule has 1 aromatic carbocycles. The molecular weight excluding hydrogens is 385 g/mol. The molecule has 0 radical (unpaired) electrons. The van der Waals surface area contributed by atoms with Crippen molar-refractivity contribution >= 4 is 34.2 Å². The molecule has 0 aliphatic heterocycles. The van der Waals surface area contributed by atoms with E-state index in [0.717, 1.165) is 20.6 Å². The van der Waals surface area contributed by atoms with Gasteiger partial charge in [0.15, 0.2) is 0 Å². The molecular formula is C16H17ClINO. The summed E-state index contributed by atoms with van der Waals surface area (Å²) in [6.07, 6.45) is 0. The molecule has 106 valence electrons. The van der Waals surface area contributed by atoms with Crippen molar-refractivity contribution in [2.24, 2.45) is 0 Å². The minimum absolute atomic E-state index is 0.0364. The Bertz CT molecular complexity index is 608. The Morgan fingerprint density at radius 2 is 1.95 bits per heavy atom. The van der Waals surface area contributed by atoms with Crippen molar-refractivity contribution in [1.82, 2.24) is 4.98 Å². The maximum Gasteiger partial charge on any atom is 0.219 e. The molecule has 0 aliphatic rings. The first-order valence-corrected chi connectivity index (χ1v) is 8.00. The zero-order valence-corrected chi connectivity index (χ0v) is 14.7. The van der Waals surface area contributed by atoms with Gasteiger partial charge in [-0.3, -0.25) is 0 Å². The zero-order chi connectivity index (χ0) is 14.8. The molecule has 0 N–H and O–H groups in total. The van der Waals surface area contributed by atoms with Crippen molar-refractivity contribution in [2.75, 3.05) is 0 Å². The summed E-state index contributed by atoms with van der Waals surface area (Å²) >= 11 is 8.22. The van der Waals surface area contributed by atoms with Gasteiger partial charge in [0.05, 0.1) is 5.69 Å². The second kappa shape index (κ2) is 6.31. The third-order valence-electron chi connectivity index (χ3n) is 2.80. The Morgan fingerprint density at radius 3 is 2.55 bits per heavy atom. The molecule has 0 spiro atoms. The fraction of sp³-hybridized carbons (Fsp3) is 0.312. The van der Waals surface area contributed by atoms with E-state index in [1.807, 2.05) is 36.4 Å². The Morgan fingerprint density at radius 1 is 1.20 bits per heavy atom. The van der Waals surface area contributed by atoms with Crippen LogP contribution in [0.3, 0.4) is 0 Å². The summed E-state index contributed by atoms with van der Waals surface area (Å²) in [5, 5.41) is 0. The van der Waals surface area contributed by atoms with Crippen molar-refractivity contribution < 1.29 is 4.74 Å². The molecule has 0 saturated carbocycles. The van der Waals surface area contributed by atoms with Crippen LogP contribution in [-0.2, 0) is 11.3 Å². The normalized spacial score (nSPS) is 11.4. The molecule has 1 heterocycles. The van der Waals surface area contributed by atoms with Gasteiger partial charge >= 0.3 is 0 Å². The fourth-order valence-corrected chi connectivity index (χ4v) is 2.39. The summed E-state index contributed by atoms with van der Waals surface area (Å²) in [4.78, 5) is 4.59. The van der Waals surface area contributed by atoms with Gasteiger partial charge in [-0.05, 0) is 52.4 Å². The van der Waals surface area contributed by atoms with Crippen LogP contribution in [0.25, 0.3) is 0 Å². The van der Waals surface area contributed by atoms with Crippen LogP contribution < -0.4 is 4.74 Å². The lowest BCUT2D eigenvalue weighted by atomic mass is 9.91. The molecule has 2 nitrogen and oxygen atoms in total. The van der Waals surface area contributed by atoms with Crippen molar-refractivity contribution in [2.45, 2.75) is 32.1 Å². The number of alkyl halides is 1. The first-order valence-electron chi connectivity index (χ1n) is 6.39. The van der Waals surface area contributed by atoms with Gasteiger partial charge in [-0.25, -0.2) is 4.98 Å². The molecule has 1 aromatic heterocycles. The van der Waals surface area contributed by atoms with Gasteiger partial charge in [0.1, 0.15) is 5.75 Å². The maximum atomic E-state index is 5.96. The average molecular weight is 402 g/mol. The smallest absolute Gasteiger partial charge is 0.219 e. The number of hydrogen-bond donors (Lipinski definition) is 0. The summed E-state index contributed by atoms with van der Waals surface area (Å²) in [7, 11) is 0. The summed E-state index contributed by atoms with van der Waals surface area (Å²) in [6, 6.07) is 11.8. The maximum absolute atomic E-state index is 5.96. The number of hydrogen-bond acceptors (Lipinski definition) is 2. The van der Waals surface area contributed by atoms with E-state index in [1.54, 1.807) is 0 Å². The molecule has 0 amide bonds. The molecule has 2 rings (SSSR count). The van der Waals surface area contributed by atoms with Gasteiger partial charge in [0, 0.05) is 20.9 Å². The van der Waals surface area contributed by atoms with E-state index in [9.17, 15) is 0 Å². The molecule has 0 fully saturated rings. The molecule has 0 atom stereocenters. The number of ether oxygens (including phenoxy) is 1. The molecule has 0 unspecified atom stereocenters. The fourth-order valence-electron chi connectivity index (χ4n) is 1.72. The quantitative estimate of drug-likeness (QED) is 0.499. The molecule has 4 heteroatoms. The minimum Gasteiger partial charge on any atom is -0.439 e. The lowest BCUT2D eigenvalue weighted by molar-refractivity contribution is 0.451. The predicted octanol–water partition coefficient (Wildman–Crippen LogP) is 5.51. The van der Waals surface area contributed by atoms with Crippen LogP contribution >= 0.6 is 34.2 Å². The van der Waals surface area contributed by atoms with E-state index in [1.165, 1.54) is 0 Å². The summed E-state index contributed by atoms with van der Waals surface area (Å²) in [5.41, 5.74) is 1.97. The number of nitrogens with zero attached hydrogens (tertiary/aromatic N) is 1. The Hall–Kier alpha value is -0.810. The van der Waals surface area contributed by atoms with E-state index >= 15 is 0 Å². The lowest BCUT2D eigenvalue weighted by Gasteiger charge is -2.19. The van der Waals surface area contributed by atoms with E-state index < -0.39 is 0 Å². The number of halogens is 2.